The predicted molar refractivity (Wildman–Crippen MR) is 104 cm³/mol. The number of anilines is 1. The van der Waals surface area contributed by atoms with Gasteiger partial charge in [-0.2, -0.15) is 5.10 Å². The Hall–Kier alpha value is -3.38. The molecule has 27 heavy (non-hydrogen) atoms. The van der Waals surface area contributed by atoms with E-state index in [1.54, 1.807) is 12.1 Å². The van der Waals surface area contributed by atoms with Crippen LogP contribution in [-0.4, -0.2) is 26.2 Å². The van der Waals surface area contributed by atoms with Crippen LogP contribution in [0.4, 0.5) is 5.69 Å². The summed E-state index contributed by atoms with van der Waals surface area (Å²) in [6.07, 6.45) is 3.80. The lowest BCUT2D eigenvalue weighted by atomic mass is 9.94. The van der Waals surface area contributed by atoms with Crippen LogP contribution in [0.5, 0.6) is 0 Å². The first-order valence-corrected chi connectivity index (χ1v) is 8.92. The number of carbonyl (C=O) groups is 1. The van der Waals surface area contributed by atoms with Crippen molar-refractivity contribution >= 4 is 22.5 Å². The number of nitrogens with zero attached hydrogens (tertiary/aromatic N) is 1. The third-order valence-electron chi connectivity index (χ3n) is 5.22. The SMILES string of the molecule is O=C(Nc1ccccc1CO)c1ccc2c3c([nH]c2c1)-c1[nH]ncc1CC3. The minimum Gasteiger partial charge on any atom is -0.392 e. The average Bonchev–Trinajstić information content (AvgIpc) is 3.31. The van der Waals surface area contributed by atoms with Crippen LogP contribution in [0.25, 0.3) is 22.3 Å². The first-order chi connectivity index (χ1) is 13.2. The Morgan fingerprint density at radius 2 is 2.04 bits per heavy atom. The number of hydrogen-bond donors (Lipinski definition) is 4. The average molecular weight is 358 g/mol. The van der Waals surface area contributed by atoms with Gasteiger partial charge in [0.05, 0.1) is 24.2 Å². The molecule has 4 N–H and O–H groups in total. The molecule has 6 heteroatoms. The Kier molecular flexibility index (Phi) is 3.58. The van der Waals surface area contributed by atoms with Crippen LogP contribution in [0.1, 0.15) is 27.0 Å². The Morgan fingerprint density at radius 1 is 1.15 bits per heavy atom. The molecule has 6 nitrogen and oxygen atoms in total. The van der Waals surface area contributed by atoms with Gasteiger partial charge in [0.1, 0.15) is 0 Å². The molecular weight excluding hydrogens is 340 g/mol. The number of aryl methyl sites for hydroxylation is 2. The van der Waals surface area contributed by atoms with Gasteiger partial charge in [-0.25, -0.2) is 0 Å². The lowest BCUT2D eigenvalue weighted by molar-refractivity contribution is 0.102. The zero-order valence-electron chi connectivity index (χ0n) is 14.5. The van der Waals surface area contributed by atoms with Crippen molar-refractivity contribution in [3.63, 3.8) is 0 Å². The van der Waals surface area contributed by atoms with Gasteiger partial charge in [0, 0.05) is 27.7 Å². The maximum absolute atomic E-state index is 12.7. The number of para-hydroxylation sites is 1. The second kappa shape index (κ2) is 6.10. The zero-order valence-corrected chi connectivity index (χ0v) is 14.5. The summed E-state index contributed by atoms with van der Waals surface area (Å²) < 4.78 is 0. The summed E-state index contributed by atoms with van der Waals surface area (Å²) in [4.78, 5) is 16.2. The summed E-state index contributed by atoms with van der Waals surface area (Å²) in [5.74, 6) is -0.201. The van der Waals surface area contributed by atoms with Crippen molar-refractivity contribution in [2.24, 2.45) is 0 Å². The second-order valence-corrected chi connectivity index (χ2v) is 6.78. The lowest BCUT2D eigenvalue weighted by Crippen LogP contribution is -2.13. The van der Waals surface area contributed by atoms with Crippen LogP contribution >= 0.6 is 0 Å². The highest BCUT2D eigenvalue weighted by atomic mass is 16.3. The third-order valence-corrected chi connectivity index (χ3v) is 5.22. The predicted octanol–water partition coefficient (Wildman–Crippen LogP) is 3.40. The highest BCUT2D eigenvalue weighted by molar-refractivity contribution is 6.07. The van der Waals surface area contributed by atoms with Crippen molar-refractivity contribution in [2.75, 3.05) is 5.32 Å². The van der Waals surface area contributed by atoms with Gasteiger partial charge < -0.3 is 15.4 Å². The van der Waals surface area contributed by atoms with E-state index >= 15 is 0 Å². The number of aromatic amines is 2. The van der Waals surface area contributed by atoms with E-state index in [9.17, 15) is 9.90 Å². The molecule has 0 radical (unpaired) electrons. The largest absolute Gasteiger partial charge is 0.392 e. The van der Waals surface area contributed by atoms with Crippen molar-refractivity contribution < 1.29 is 9.90 Å². The first-order valence-electron chi connectivity index (χ1n) is 8.92. The zero-order chi connectivity index (χ0) is 18.4. The normalized spacial score (nSPS) is 12.6. The number of hydrogen-bond acceptors (Lipinski definition) is 3. The number of rotatable bonds is 3. The van der Waals surface area contributed by atoms with Crippen molar-refractivity contribution in [1.82, 2.24) is 15.2 Å². The standard InChI is InChI=1S/C21H18N4O2/c26-11-14-3-1-2-4-17(14)24-21(27)12-5-7-15-16-8-6-13-10-22-25-19(13)20(16)23-18(15)9-12/h1-5,7,9-10,23,26H,6,8,11H2,(H,22,25)(H,24,27). The second-order valence-electron chi connectivity index (χ2n) is 6.78. The van der Waals surface area contributed by atoms with Gasteiger partial charge in [0.25, 0.3) is 5.91 Å². The molecule has 0 saturated carbocycles. The summed E-state index contributed by atoms with van der Waals surface area (Å²) in [5.41, 5.74) is 7.39. The number of benzene rings is 2. The van der Waals surface area contributed by atoms with Crippen LogP contribution in [0, 0.1) is 0 Å². The fourth-order valence-corrected chi connectivity index (χ4v) is 3.82. The number of aliphatic hydroxyl groups excluding tert-OH is 1. The van der Waals surface area contributed by atoms with Crippen LogP contribution < -0.4 is 5.32 Å². The van der Waals surface area contributed by atoms with Crippen LogP contribution in [0.3, 0.4) is 0 Å². The van der Waals surface area contributed by atoms with Gasteiger partial charge in [0.15, 0.2) is 0 Å². The molecule has 0 atom stereocenters. The number of amides is 1. The quantitative estimate of drug-likeness (QED) is 0.452. The molecule has 1 aliphatic carbocycles. The van der Waals surface area contributed by atoms with Crippen LogP contribution in [0.2, 0.25) is 0 Å². The number of carbonyl (C=O) groups excluding carboxylic acids is 1. The number of H-pyrrole nitrogens is 2. The molecular formula is C21H18N4O2. The van der Waals surface area contributed by atoms with Gasteiger partial charge in [0.2, 0.25) is 0 Å². The van der Waals surface area contributed by atoms with E-state index in [1.807, 2.05) is 36.5 Å². The highest BCUT2D eigenvalue weighted by Crippen LogP contribution is 2.36. The summed E-state index contributed by atoms with van der Waals surface area (Å²) in [6.45, 7) is -0.120. The third kappa shape index (κ3) is 2.53. The maximum Gasteiger partial charge on any atom is 0.255 e. The van der Waals surface area contributed by atoms with E-state index in [4.69, 9.17) is 0 Å². The summed E-state index contributed by atoms with van der Waals surface area (Å²) in [5, 5.41) is 20.7. The number of fused-ring (bicyclic) bond motifs is 5. The number of aromatic nitrogens is 3. The van der Waals surface area contributed by atoms with Gasteiger partial charge in [-0.3, -0.25) is 9.89 Å². The molecule has 0 fully saturated rings. The monoisotopic (exact) mass is 358 g/mol. The topological polar surface area (TPSA) is 93.8 Å². The van der Waals surface area contributed by atoms with Gasteiger partial charge in [-0.05, 0) is 42.2 Å². The van der Waals surface area contributed by atoms with Gasteiger partial charge in [-0.15, -0.1) is 0 Å². The Balaban J connectivity index is 1.51. The van der Waals surface area contributed by atoms with Crippen molar-refractivity contribution in [1.29, 1.82) is 0 Å². The molecule has 0 saturated heterocycles. The molecule has 1 amide bonds. The summed E-state index contributed by atoms with van der Waals surface area (Å²) in [7, 11) is 0. The van der Waals surface area contributed by atoms with E-state index in [2.05, 4.69) is 20.5 Å². The van der Waals surface area contributed by atoms with Gasteiger partial charge in [-0.1, -0.05) is 24.3 Å². The number of nitrogens with one attached hydrogen (secondary N) is 3. The Labute approximate surface area is 155 Å². The molecule has 0 unspecified atom stereocenters. The molecule has 0 spiro atoms. The van der Waals surface area contributed by atoms with Crippen molar-refractivity contribution in [2.45, 2.75) is 19.4 Å². The minimum absolute atomic E-state index is 0.120. The fraction of sp³-hybridized carbons (Fsp3) is 0.143. The molecule has 2 aromatic heterocycles. The maximum atomic E-state index is 12.7. The molecule has 0 aliphatic heterocycles. The van der Waals surface area contributed by atoms with E-state index in [0.29, 0.717) is 16.8 Å². The van der Waals surface area contributed by atoms with Crippen LogP contribution in [0.15, 0.2) is 48.7 Å². The number of aliphatic hydroxyl groups is 1. The Morgan fingerprint density at radius 3 is 2.93 bits per heavy atom. The Bertz CT molecular complexity index is 1170. The molecule has 2 aromatic carbocycles. The molecule has 1 aliphatic rings. The fourth-order valence-electron chi connectivity index (χ4n) is 3.82. The summed E-state index contributed by atoms with van der Waals surface area (Å²) >= 11 is 0. The van der Waals surface area contributed by atoms with Crippen molar-refractivity contribution in [3.8, 4) is 11.4 Å². The van der Waals surface area contributed by atoms with E-state index in [1.165, 1.54) is 11.1 Å². The minimum atomic E-state index is -0.201. The van der Waals surface area contributed by atoms with Gasteiger partial charge >= 0.3 is 0 Å². The first kappa shape index (κ1) is 15.8. The highest BCUT2D eigenvalue weighted by Gasteiger charge is 2.22. The molecule has 5 rings (SSSR count). The van der Waals surface area contributed by atoms with E-state index < -0.39 is 0 Å². The smallest absolute Gasteiger partial charge is 0.255 e. The lowest BCUT2D eigenvalue weighted by Gasteiger charge is -2.11. The van der Waals surface area contributed by atoms with Crippen molar-refractivity contribution in [3.05, 3.63) is 70.9 Å². The molecule has 134 valence electrons. The van der Waals surface area contributed by atoms with E-state index in [-0.39, 0.29) is 12.5 Å². The molecule has 2 heterocycles. The molecule has 0 bridgehead atoms. The van der Waals surface area contributed by atoms with Crippen LogP contribution in [-0.2, 0) is 19.4 Å². The van der Waals surface area contributed by atoms with E-state index in [0.717, 1.165) is 35.1 Å². The summed E-state index contributed by atoms with van der Waals surface area (Å²) in [6, 6.07) is 13.0. The molecule has 4 aromatic rings.